The predicted octanol–water partition coefficient (Wildman–Crippen LogP) is 4.32. The second-order valence-corrected chi connectivity index (χ2v) is 7.94. The molecule has 1 saturated heterocycles. The number of benzene rings is 1. The standard InChI is InChI=1S/C21H32N2O/c1-16(2)17(3)23(20-10-11-20)15-18-8-7-9-19(14-18)21(24)22-12-5-4-6-13-22/h7-9,14,16-17,20H,4-6,10-13,15H2,1-3H3. The van der Waals surface area contributed by atoms with Crippen LogP contribution in [-0.2, 0) is 6.54 Å². The fourth-order valence-electron chi connectivity index (χ4n) is 3.69. The van der Waals surface area contributed by atoms with Crippen LogP contribution in [0.15, 0.2) is 24.3 Å². The monoisotopic (exact) mass is 328 g/mol. The molecule has 1 atom stereocenters. The van der Waals surface area contributed by atoms with Crippen molar-refractivity contribution in [2.75, 3.05) is 13.1 Å². The number of amides is 1. The highest BCUT2D eigenvalue weighted by Crippen LogP contribution is 2.32. The quantitative estimate of drug-likeness (QED) is 0.776. The highest BCUT2D eigenvalue weighted by atomic mass is 16.2. The third kappa shape index (κ3) is 4.18. The van der Waals surface area contributed by atoms with E-state index >= 15 is 0 Å². The molecule has 1 heterocycles. The van der Waals surface area contributed by atoms with Gasteiger partial charge in [0.25, 0.3) is 5.91 Å². The van der Waals surface area contributed by atoms with Gasteiger partial charge in [0.2, 0.25) is 0 Å². The molecule has 1 saturated carbocycles. The first-order valence-electron chi connectivity index (χ1n) is 9.70. The number of carbonyl (C=O) groups is 1. The zero-order valence-electron chi connectivity index (χ0n) is 15.5. The predicted molar refractivity (Wildman–Crippen MR) is 99.1 cm³/mol. The lowest BCUT2D eigenvalue weighted by Gasteiger charge is -2.32. The van der Waals surface area contributed by atoms with Crippen molar-refractivity contribution in [3.8, 4) is 0 Å². The van der Waals surface area contributed by atoms with Gasteiger partial charge in [-0.25, -0.2) is 0 Å². The van der Waals surface area contributed by atoms with Crippen LogP contribution in [0.1, 0.15) is 68.8 Å². The minimum Gasteiger partial charge on any atom is -0.339 e. The lowest BCUT2D eigenvalue weighted by molar-refractivity contribution is 0.0724. The first kappa shape index (κ1) is 17.5. The van der Waals surface area contributed by atoms with E-state index in [1.54, 1.807) is 0 Å². The molecule has 24 heavy (non-hydrogen) atoms. The molecule has 0 radical (unpaired) electrons. The smallest absolute Gasteiger partial charge is 0.253 e. The minimum absolute atomic E-state index is 0.214. The second kappa shape index (κ2) is 7.69. The molecule has 0 bridgehead atoms. The molecule has 1 aromatic carbocycles. The molecule has 2 aliphatic rings. The molecular formula is C21H32N2O. The molecule has 1 aliphatic heterocycles. The summed E-state index contributed by atoms with van der Waals surface area (Å²) < 4.78 is 0. The van der Waals surface area contributed by atoms with Gasteiger partial charge in [-0.2, -0.15) is 0 Å². The van der Waals surface area contributed by atoms with Crippen LogP contribution >= 0.6 is 0 Å². The topological polar surface area (TPSA) is 23.6 Å². The van der Waals surface area contributed by atoms with Crippen molar-refractivity contribution in [2.24, 2.45) is 5.92 Å². The van der Waals surface area contributed by atoms with Crippen LogP contribution < -0.4 is 0 Å². The van der Waals surface area contributed by atoms with Crippen LogP contribution in [0.25, 0.3) is 0 Å². The summed E-state index contributed by atoms with van der Waals surface area (Å²) in [6.07, 6.45) is 6.19. The number of nitrogens with zero attached hydrogens (tertiary/aromatic N) is 2. The van der Waals surface area contributed by atoms with E-state index in [0.29, 0.717) is 12.0 Å². The van der Waals surface area contributed by atoms with Gasteiger partial charge in [-0.05, 0) is 62.6 Å². The second-order valence-electron chi connectivity index (χ2n) is 7.94. The third-order valence-electron chi connectivity index (χ3n) is 5.69. The van der Waals surface area contributed by atoms with Crippen LogP contribution in [0.2, 0.25) is 0 Å². The van der Waals surface area contributed by atoms with Gasteiger partial charge in [0, 0.05) is 37.3 Å². The van der Waals surface area contributed by atoms with Crippen LogP contribution in [0.4, 0.5) is 0 Å². The summed E-state index contributed by atoms with van der Waals surface area (Å²) in [4.78, 5) is 17.4. The Bertz CT molecular complexity index is 559. The zero-order valence-corrected chi connectivity index (χ0v) is 15.5. The van der Waals surface area contributed by atoms with Crippen molar-refractivity contribution in [1.82, 2.24) is 9.80 Å². The largest absolute Gasteiger partial charge is 0.339 e. The Labute approximate surface area is 147 Å². The summed E-state index contributed by atoms with van der Waals surface area (Å²) in [7, 11) is 0. The maximum absolute atomic E-state index is 12.7. The van der Waals surface area contributed by atoms with Gasteiger partial charge in [0.15, 0.2) is 0 Å². The minimum atomic E-state index is 0.214. The van der Waals surface area contributed by atoms with Gasteiger partial charge in [0.1, 0.15) is 0 Å². The Balaban J connectivity index is 1.71. The number of likely N-dealkylation sites (tertiary alicyclic amines) is 1. The Kier molecular flexibility index (Phi) is 5.60. The molecule has 1 aromatic rings. The van der Waals surface area contributed by atoms with Crippen LogP contribution in [0.5, 0.6) is 0 Å². The Morgan fingerprint density at radius 1 is 1.17 bits per heavy atom. The molecule has 1 amide bonds. The van der Waals surface area contributed by atoms with Crippen LogP contribution in [-0.4, -0.2) is 40.9 Å². The van der Waals surface area contributed by atoms with E-state index in [9.17, 15) is 4.79 Å². The highest BCUT2D eigenvalue weighted by molar-refractivity contribution is 5.94. The molecule has 2 fully saturated rings. The van der Waals surface area contributed by atoms with E-state index in [-0.39, 0.29) is 5.91 Å². The fraction of sp³-hybridized carbons (Fsp3) is 0.667. The maximum Gasteiger partial charge on any atom is 0.253 e. The lowest BCUT2D eigenvalue weighted by Crippen LogP contribution is -2.38. The van der Waals surface area contributed by atoms with Gasteiger partial charge in [0.05, 0.1) is 0 Å². The number of carbonyl (C=O) groups excluding carboxylic acids is 1. The normalized spacial score (nSPS) is 19.8. The average molecular weight is 329 g/mol. The SMILES string of the molecule is CC(C)C(C)N(Cc1cccc(C(=O)N2CCCCC2)c1)C1CC1. The van der Waals surface area contributed by atoms with Gasteiger partial charge in [-0.1, -0.05) is 26.0 Å². The molecule has 1 aliphatic carbocycles. The molecular weight excluding hydrogens is 296 g/mol. The highest BCUT2D eigenvalue weighted by Gasteiger charge is 2.33. The van der Waals surface area contributed by atoms with Crippen molar-refractivity contribution in [3.63, 3.8) is 0 Å². The summed E-state index contributed by atoms with van der Waals surface area (Å²) >= 11 is 0. The maximum atomic E-state index is 12.7. The first-order valence-corrected chi connectivity index (χ1v) is 9.70. The number of rotatable bonds is 6. The van der Waals surface area contributed by atoms with Gasteiger partial charge in [-0.3, -0.25) is 9.69 Å². The first-order chi connectivity index (χ1) is 11.6. The number of hydrogen-bond donors (Lipinski definition) is 0. The molecule has 3 heteroatoms. The molecule has 1 unspecified atom stereocenters. The Morgan fingerprint density at radius 3 is 2.50 bits per heavy atom. The third-order valence-corrected chi connectivity index (χ3v) is 5.69. The van der Waals surface area contributed by atoms with E-state index in [1.165, 1.54) is 24.8 Å². The van der Waals surface area contributed by atoms with Crippen LogP contribution in [0.3, 0.4) is 0 Å². The Morgan fingerprint density at radius 2 is 1.88 bits per heavy atom. The average Bonchev–Trinajstić information content (AvgIpc) is 3.44. The van der Waals surface area contributed by atoms with E-state index in [4.69, 9.17) is 0 Å². The fourth-order valence-corrected chi connectivity index (χ4v) is 3.69. The molecule has 3 nitrogen and oxygen atoms in total. The van der Waals surface area contributed by atoms with Crippen molar-refractivity contribution in [1.29, 1.82) is 0 Å². The van der Waals surface area contributed by atoms with Crippen molar-refractivity contribution in [2.45, 2.75) is 71.5 Å². The van der Waals surface area contributed by atoms with Gasteiger partial charge < -0.3 is 4.90 Å². The van der Waals surface area contributed by atoms with E-state index in [1.807, 2.05) is 11.0 Å². The summed E-state index contributed by atoms with van der Waals surface area (Å²) in [6.45, 7) is 9.74. The molecule has 0 aromatic heterocycles. The Hall–Kier alpha value is -1.35. The molecule has 0 N–H and O–H groups in total. The van der Waals surface area contributed by atoms with Crippen molar-refractivity contribution < 1.29 is 4.79 Å². The number of hydrogen-bond acceptors (Lipinski definition) is 2. The van der Waals surface area contributed by atoms with Crippen molar-refractivity contribution in [3.05, 3.63) is 35.4 Å². The zero-order chi connectivity index (χ0) is 17.1. The summed E-state index contributed by atoms with van der Waals surface area (Å²) in [5.41, 5.74) is 2.14. The van der Waals surface area contributed by atoms with E-state index < -0.39 is 0 Å². The summed E-state index contributed by atoms with van der Waals surface area (Å²) in [6, 6.07) is 9.66. The number of piperidine rings is 1. The van der Waals surface area contributed by atoms with E-state index in [0.717, 1.165) is 44.1 Å². The van der Waals surface area contributed by atoms with Crippen LogP contribution in [0, 0.1) is 5.92 Å². The summed E-state index contributed by atoms with van der Waals surface area (Å²) in [5, 5.41) is 0. The molecule has 0 spiro atoms. The molecule has 132 valence electrons. The van der Waals surface area contributed by atoms with Crippen molar-refractivity contribution >= 4 is 5.91 Å². The summed E-state index contributed by atoms with van der Waals surface area (Å²) in [5.74, 6) is 0.871. The van der Waals surface area contributed by atoms with Gasteiger partial charge in [-0.15, -0.1) is 0 Å². The van der Waals surface area contributed by atoms with Gasteiger partial charge >= 0.3 is 0 Å². The molecule has 3 rings (SSSR count). The van der Waals surface area contributed by atoms with E-state index in [2.05, 4.69) is 43.9 Å². The lowest BCUT2D eigenvalue weighted by atomic mass is 10.0.